The Hall–Kier alpha value is -1.35. The number of hydrogen-bond donors (Lipinski definition) is 0. The molecule has 0 spiro atoms. The minimum absolute atomic E-state index is 0.0604. The van der Waals surface area contributed by atoms with Gasteiger partial charge in [0.1, 0.15) is 6.04 Å². The molecular weight excluding hydrogens is 238 g/mol. The lowest BCUT2D eigenvalue weighted by atomic mass is 10.0. The van der Waals surface area contributed by atoms with Crippen molar-refractivity contribution >= 4 is 5.97 Å². The highest BCUT2D eigenvalue weighted by Gasteiger charge is 2.31. The number of carbonyl (C=O) groups is 1. The van der Waals surface area contributed by atoms with Crippen LogP contribution in [-0.4, -0.2) is 30.6 Å². The monoisotopic (exact) mass is 261 g/mol. The molecule has 1 aliphatic rings. The van der Waals surface area contributed by atoms with Crippen LogP contribution in [0.5, 0.6) is 0 Å². The van der Waals surface area contributed by atoms with E-state index >= 15 is 0 Å². The van der Waals surface area contributed by atoms with E-state index in [2.05, 4.69) is 43.0 Å². The van der Waals surface area contributed by atoms with E-state index < -0.39 is 0 Å². The van der Waals surface area contributed by atoms with E-state index in [9.17, 15) is 4.79 Å². The van der Waals surface area contributed by atoms with Crippen molar-refractivity contribution in [1.82, 2.24) is 4.90 Å². The number of nitrogens with zero attached hydrogens (tertiary/aromatic N) is 1. The summed E-state index contributed by atoms with van der Waals surface area (Å²) >= 11 is 0. The summed E-state index contributed by atoms with van der Waals surface area (Å²) in [5.74, 6) is 0.458. The van der Waals surface area contributed by atoms with Crippen molar-refractivity contribution in [2.75, 3.05) is 13.7 Å². The molecule has 0 bridgehead atoms. The Morgan fingerprint density at radius 1 is 1.37 bits per heavy atom. The molecule has 1 aromatic carbocycles. The van der Waals surface area contributed by atoms with Crippen LogP contribution in [0.15, 0.2) is 24.3 Å². The molecule has 1 heterocycles. The minimum Gasteiger partial charge on any atom is -0.468 e. The average molecular weight is 261 g/mol. The molecule has 1 aromatic rings. The number of likely N-dealkylation sites (tertiary alicyclic amines) is 1. The first-order chi connectivity index (χ1) is 9.11. The second-order valence-electron chi connectivity index (χ2n) is 5.55. The van der Waals surface area contributed by atoms with Crippen molar-refractivity contribution in [3.8, 4) is 0 Å². The van der Waals surface area contributed by atoms with Crippen molar-refractivity contribution in [2.24, 2.45) is 0 Å². The van der Waals surface area contributed by atoms with Gasteiger partial charge in [0, 0.05) is 6.54 Å². The fraction of sp³-hybridized carbons (Fsp3) is 0.562. The number of hydrogen-bond acceptors (Lipinski definition) is 3. The minimum atomic E-state index is -0.101. The number of ether oxygens (including phenoxy) is 1. The SMILES string of the molecule is COC(=O)C1CCCN1Cc1ccc(C(C)C)cc1. The van der Waals surface area contributed by atoms with Gasteiger partial charge in [0.25, 0.3) is 0 Å². The maximum absolute atomic E-state index is 11.7. The normalized spacial score (nSPS) is 19.9. The lowest BCUT2D eigenvalue weighted by Gasteiger charge is -2.22. The Kier molecular flexibility index (Phi) is 4.59. The molecule has 104 valence electrons. The van der Waals surface area contributed by atoms with Crippen molar-refractivity contribution in [1.29, 1.82) is 0 Å². The van der Waals surface area contributed by atoms with Crippen LogP contribution in [0.1, 0.15) is 43.7 Å². The number of methoxy groups -OCH3 is 1. The Morgan fingerprint density at radius 3 is 2.63 bits per heavy atom. The maximum atomic E-state index is 11.7. The highest BCUT2D eigenvalue weighted by molar-refractivity contribution is 5.75. The molecule has 1 aliphatic heterocycles. The molecule has 0 saturated carbocycles. The van der Waals surface area contributed by atoms with Crippen molar-refractivity contribution in [2.45, 2.75) is 45.2 Å². The van der Waals surface area contributed by atoms with Crippen LogP contribution < -0.4 is 0 Å². The van der Waals surface area contributed by atoms with E-state index in [4.69, 9.17) is 4.74 Å². The number of rotatable bonds is 4. The van der Waals surface area contributed by atoms with E-state index in [-0.39, 0.29) is 12.0 Å². The van der Waals surface area contributed by atoms with Gasteiger partial charge in [-0.15, -0.1) is 0 Å². The molecule has 0 N–H and O–H groups in total. The largest absolute Gasteiger partial charge is 0.468 e. The third-order valence-electron chi connectivity index (χ3n) is 3.87. The van der Waals surface area contributed by atoms with Crippen molar-refractivity contribution < 1.29 is 9.53 Å². The van der Waals surface area contributed by atoms with E-state index in [1.165, 1.54) is 18.2 Å². The molecule has 3 nitrogen and oxygen atoms in total. The maximum Gasteiger partial charge on any atom is 0.323 e. The summed E-state index contributed by atoms with van der Waals surface area (Å²) in [6.07, 6.45) is 1.99. The first kappa shape index (κ1) is 14.1. The molecule has 1 atom stereocenters. The predicted molar refractivity (Wildman–Crippen MR) is 76.0 cm³/mol. The van der Waals surface area contributed by atoms with Gasteiger partial charge in [-0.3, -0.25) is 9.69 Å². The van der Waals surface area contributed by atoms with Gasteiger partial charge in [-0.1, -0.05) is 38.1 Å². The third-order valence-corrected chi connectivity index (χ3v) is 3.87. The van der Waals surface area contributed by atoms with Crippen LogP contribution in [0.3, 0.4) is 0 Å². The number of carbonyl (C=O) groups excluding carboxylic acids is 1. The smallest absolute Gasteiger partial charge is 0.323 e. The van der Waals surface area contributed by atoms with Crippen LogP contribution in [0.4, 0.5) is 0 Å². The Bertz CT molecular complexity index is 425. The summed E-state index contributed by atoms with van der Waals surface area (Å²) in [6.45, 7) is 6.20. The fourth-order valence-corrected chi connectivity index (χ4v) is 2.66. The van der Waals surface area contributed by atoms with Gasteiger partial charge >= 0.3 is 5.97 Å². The molecule has 1 unspecified atom stereocenters. The zero-order chi connectivity index (χ0) is 13.8. The van der Waals surface area contributed by atoms with Crippen LogP contribution >= 0.6 is 0 Å². The third kappa shape index (κ3) is 3.35. The standard InChI is InChI=1S/C16H23NO2/c1-12(2)14-8-6-13(7-9-14)11-17-10-4-5-15(17)16(18)19-3/h6-9,12,15H,4-5,10-11H2,1-3H3. The molecule has 0 aromatic heterocycles. The summed E-state index contributed by atoms with van der Waals surface area (Å²) in [6, 6.07) is 8.64. The van der Waals surface area contributed by atoms with E-state index in [0.717, 1.165) is 25.9 Å². The first-order valence-electron chi connectivity index (χ1n) is 7.02. The summed E-state index contributed by atoms with van der Waals surface area (Å²) < 4.78 is 4.87. The molecule has 0 radical (unpaired) electrons. The summed E-state index contributed by atoms with van der Waals surface area (Å²) in [7, 11) is 1.47. The van der Waals surface area contributed by atoms with Crippen LogP contribution in [0.2, 0.25) is 0 Å². The molecule has 19 heavy (non-hydrogen) atoms. The van der Waals surface area contributed by atoms with E-state index in [0.29, 0.717) is 5.92 Å². The number of benzene rings is 1. The Labute approximate surface area is 115 Å². The molecule has 3 heteroatoms. The van der Waals surface area contributed by atoms with Crippen molar-refractivity contribution in [3.05, 3.63) is 35.4 Å². The van der Waals surface area contributed by atoms with Gasteiger partial charge in [0.05, 0.1) is 7.11 Å². The van der Waals surface area contributed by atoms with Gasteiger partial charge in [-0.05, 0) is 36.4 Å². The zero-order valence-corrected chi connectivity index (χ0v) is 12.1. The molecular formula is C16H23NO2. The van der Waals surface area contributed by atoms with Crippen LogP contribution in [0, 0.1) is 0 Å². The summed E-state index contributed by atoms with van der Waals surface area (Å²) in [5, 5.41) is 0. The van der Waals surface area contributed by atoms with E-state index in [1.807, 2.05) is 0 Å². The van der Waals surface area contributed by atoms with Gasteiger partial charge in [-0.2, -0.15) is 0 Å². The van der Waals surface area contributed by atoms with Crippen LogP contribution in [0.25, 0.3) is 0 Å². The lowest BCUT2D eigenvalue weighted by molar-refractivity contribution is -0.146. The summed E-state index contributed by atoms with van der Waals surface area (Å²) in [4.78, 5) is 13.9. The molecule has 1 saturated heterocycles. The van der Waals surface area contributed by atoms with Crippen LogP contribution in [-0.2, 0) is 16.1 Å². The first-order valence-corrected chi connectivity index (χ1v) is 7.02. The second kappa shape index (κ2) is 6.20. The average Bonchev–Trinajstić information content (AvgIpc) is 2.86. The zero-order valence-electron chi connectivity index (χ0n) is 12.1. The molecule has 0 aliphatic carbocycles. The van der Waals surface area contributed by atoms with Gasteiger partial charge in [0.2, 0.25) is 0 Å². The molecule has 0 amide bonds. The topological polar surface area (TPSA) is 29.5 Å². The fourth-order valence-electron chi connectivity index (χ4n) is 2.66. The predicted octanol–water partition coefficient (Wildman–Crippen LogP) is 2.95. The summed E-state index contributed by atoms with van der Waals surface area (Å²) in [5.41, 5.74) is 2.62. The molecule has 1 fully saturated rings. The number of esters is 1. The lowest BCUT2D eigenvalue weighted by Crippen LogP contribution is -2.36. The quantitative estimate of drug-likeness (QED) is 0.780. The van der Waals surface area contributed by atoms with Gasteiger partial charge in [-0.25, -0.2) is 0 Å². The Balaban J connectivity index is 2.02. The highest BCUT2D eigenvalue weighted by Crippen LogP contribution is 2.22. The molecule has 2 rings (SSSR count). The van der Waals surface area contributed by atoms with E-state index in [1.54, 1.807) is 0 Å². The highest BCUT2D eigenvalue weighted by atomic mass is 16.5. The van der Waals surface area contributed by atoms with Gasteiger partial charge in [0.15, 0.2) is 0 Å². The van der Waals surface area contributed by atoms with Gasteiger partial charge < -0.3 is 4.74 Å². The second-order valence-corrected chi connectivity index (χ2v) is 5.55. The Morgan fingerprint density at radius 2 is 2.05 bits per heavy atom. The van der Waals surface area contributed by atoms with Crippen molar-refractivity contribution in [3.63, 3.8) is 0 Å².